The number of hydrogen-bond acceptors (Lipinski definition) is 3. The maximum Gasteiger partial charge on any atom is 0.243 e. The van der Waals surface area contributed by atoms with Crippen molar-refractivity contribution in [2.75, 3.05) is 13.1 Å². The molecule has 2 unspecified atom stereocenters. The summed E-state index contributed by atoms with van der Waals surface area (Å²) in [6.45, 7) is 6.70. The van der Waals surface area contributed by atoms with Crippen molar-refractivity contribution in [3.05, 3.63) is 29.3 Å². The van der Waals surface area contributed by atoms with Crippen LogP contribution in [0, 0.1) is 19.8 Å². The molecular formula is C13H20N2O2S. The van der Waals surface area contributed by atoms with E-state index in [-0.39, 0.29) is 12.0 Å². The van der Waals surface area contributed by atoms with Crippen molar-refractivity contribution < 1.29 is 8.42 Å². The SMILES string of the molecule is Cc1ccc(S(=O)(=O)N2CC(C)C(N)C2)c(C)c1. The smallest absolute Gasteiger partial charge is 0.243 e. The fourth-order valence-corrected chi connectivity index (χ4v) is 4.15. The summed E-state index contributed by atoms with van der Waals surface area (Å²) >= 11 is 0. The molecule has 0 radical (unpaired) electrons. The molecule has 0 spiro atoms. The summed E-state index contributed by atoms with van der Waals surface area (Å²) in [6.07, 6.45) is 0. The Kier molecular flexibility index (Phi) is 3.49. The summed E-state index contributed by atoms with van der Waals surface area (Å²) in [5.74, 6) is 0.213. The lowest BCUT2D eigenvalue weighted by Gasteiger charge is -2.17. The average Bonchev–Trinajstić information content (AvgIpc) is 2.59. The van der Waals surface area contributed by atoms with Crippen molar-refractivity contribution in [3.63, 3.8) is 0 Å². The van der Waals surface area contributed by atoms with E-state index in [1.165, 1.54) is 4.31 Å². The second-order valence-electron chi connectivity index (χ2n) is 5.23. The van der Waals surface area contributed by atoms with Crippen LogP contribution < -0.4 is 5.73 Å². The third kappa shape index (κ3) is 2.30. The first-order valence-corrected chi connectivity index (χ1v) is 7.59. The van der Waals surface area contributed by atoms with Crippen molar-refractivity contribution in [1.29, 1.82) is 0 Å². The molecule has 1 saturated heterocycles. The van der Waals surface area contributed by atoms with Gasteiger partial charge in [0.15, 0.2) is 0 Å². The van der Waals surface area contributed by atoms with E-state index in [1.54, 1.807) is 6.07 Å². The van der Waals surface area contributed by atoms with Crippen LogP contribution in [0.4, 0.5) is 0 Å². The van der Waals surface area contributed by atoms with Gasteiger partial charge in [0.05, 0.1) is 4.90 Å². The van der Waals surface area contributed by atoms with Crippen molar-refractivity contribution in [2.24, 2.45) is 11.7 Å². The van der Waals surface area contributed by atoms with Gasteiger partial charge in [0.25, 0.3) is 0 Å². The second-order valence-corrected chi connectivity index (χ2v) is 7.14. The maximum atomic E-state index is 12.5. The highest BCUT2D eigenvalue weighted by molar-refractivity contribution is 7.89. The molecule has 0 saturated carbocycles. The van der Waals surface area contributed by atoms with E-state index in [0.29, 0.717) is 18.0 Å². The fourth-order valence-electron chi connectivity index (χ4n) is 2.37. The Labute approximate surface area is 109 Å². The Bertz CT molecular complexity index is 544. The lowest BCUT2D eigenvalue weighted by molar-refractivity contribution is 0.464. The molecular weight excluding hydrogens is 248 g/mol. The Hall–Kier alpha value is -0.910. The number of rotatable bonds is 2. The van der Waals surface area contributed by atoms with Gasteiger partial charge in [0.1, 0.15) is 0 Å². The van der Waals surface area contributed by atoms with Gasteiger partial charge < -0.3 is 5.73 Å². The zero-order valence-electron chi connectivity index (χ0n) is 11.1. The first-order chi connectivity index (χ1) is 8.32. The lowest BCUT2D eigenvalue weighted by atomic mass is 10.1. The Morgan fingerprint density at radius 3 is 2.44 bits per heavy atom. The average molecular weight is 268 g/mol. The van der Waals surface area contributed by atoms with Gasteiger partial charge >= 0.3 is 0 Å². The topological polar surface area (TPSA) is 63.4 Å². The van der Waals surface area contributed by atoms with Crippen molar-refractivity contribution in [3.8, 4) is 0 Å². The molecule has 2 rings (SSSR count). The van der Waals surface area contributed by atoms with Crippen LogP contribution in [0.25, 0.3) is 0 Å². The fraction of sp³-hybridized carbons (Fsp3) is 0.538. The van der Waals surface area contributed by atoms with E-state index in [9.17, 15) is 8.42 Å². The van der Waals surface area contributed by atoms with Gasteiger partial charge in [0.2, 0.25) is 10.0 Å². The molecule has 2 atom stereocenters. The quantitative estimate of drug-likeness (QED) is 0.878. The first kappa shape index (κ1) is 13.5. The largest absolute Gasteiger partial charge is 0.326 e. The zero-order chi connectivity index (χ0) is 13.5. The highest BCUT2D eigenvalue weighted by atomic mass is 32.2. The highest BCUT2D eigenvalue weighted by Gasteiger charge is 2.35. The number of aryl methyl sites for hydroxylation is 2. The Morgan fingerprint density at radius 2 is 1.94 bits per heavy atom. The minimum Gasteiger partial charge on any atom is -0.326 e. The summed E-state index contributed by atoms with van der Waals surface area (Å²) in [5, 5.41) is 0. The lowest BCUT2D eigenvalue weighted by Crippen LogP contribution is -2.32. The normalized spacial score (nSPS) is 25.6. The molecule has 4 nitrogen and oxygen atoms in total. The summed E-state index contributed by atoms with van der Waals surface area (Å²) < 4.78 is 26.6. The molecule has 1 aromatic carbocycles. The van der Waals surface area contributed by atoms with Gasteiger partial charge in [-0.25, -0.2) is 8.42 Å². The van der Waals surface area contributed by atoms with Crippen LogP contribution >= 0.6 is 0 Å². The van der Waals surface area contributed by atoms with Crippen LogP contribution in [0.1, 0.15) is 18.1 Å². The number of benzene rings is 1. The van der Waals surface area contributed by atoms with Gasteiger partial charge in [-0.2, -0.15) is 4.31 Å². The van der Waals surface area contributed by atoms with Crippen LogP contribution in [0.2, 0.25) is 0 Å². The van der Waals surface area contributed by atoms with Crippen molar-refractivity contribution >= 4 is 10.0 Å². The van der Waals surface area contributed by atoms with Gasteiger partial charge in [-0.05, 0) is 31.4 Å². The van der Waals surface area contributed by atoms with Crippen LogP contribution in [0.15, 0.2) is 23.1 Å². The molecule has 1 aliphatic rings. The maximum absolute atomic E-state index is 12.5. The molecule has 0 bridgehead atoms. The van der Waals surface area contributed by atoms with Gasteiger partial charge in [-0.3, -0.25) is 0 Å². The van der Waals surface area contributed by atoms with Crippen molar-refractivity contribution in [2.45, 2.75) is 31.7 Å². The summed E-state index contributed by atoms with van der Waals surface area (Å²) in [6, 6.07) is 5.35. The molecule has 0 aromatic heterocycles. The molecule has 100 valence electrons. The predicted octanol–water partition coefficient (Wildman–Crippen LogP) is 1.27. The van der Waals surface area contributed by atoms with Crippen LogP contribution in [-0.2, 0) is 10.0 Å². The molecule has 1 aromatic rings. The summed E-state index contributed by atoms with van der Waals surface area (Å²) in [4.78, 5) is 0.398. The summed E-state index contributed by atoms with van der Waals surface area (Å²) in [5.41, 5.74) is 7.76. The summed E-state index contributed by atoms with van der Waals surface area (Å²) in [7, 11) is -3.40. The molecule has 1 heterocycles. The molecule has 1 aliphatic heterocycles. The third-order valence-electron chi connectivity index (χ3n) is 3.59. The number of nitrogens with two attached hydrogens (primary N) is 1. The van der Waals surface area contributed by atoms with Crippen LogP contribution in [0.5, 0.6) is 0 Å². The van der Waals surface area contributed by atoms with Crippen LogP contribution in [-0.4, -0.2) is 31.9 Å². The predicted molar refractivity (Wildman–Crippen MR) is 71.8 cm³/mol. The minimum atomic E-state index is -3.40. The minimum absolute atomic E-state index is 0.0643. The molecule has 0 amide bonds. The Balaban J connectivity index is 2.37. The molecule has 1 fully saturated rings. The first-order valence-electron chi connectivity index (χ1n) is 6.15. The van der Waals surface area contributed by atoms with E-state index in [4.69, 9.17) is 5.73 Å². The van der Waals surface area contributed by atoms with Crippen LogP contribution in [0.3, 0.4) is 0 Å². The van der Waals surface area contributed by atoms with E-state index in [2.05, 4.69) is 0 Å². The van der Waals surface area contributed by atoms with E-state index >= 15 is 0 Å². The molecule has 18 heavy (non-hydrogen) atoms. The van der Waals surface area contributed by atoms with E-state index < -0.39 is 10.0 Å². The highest BCUT2D eigenvalue weighted by Crippen LogP contribution is 2.25. The number of hydrogen-bond donors (Lipinski definition) is 1. The molecule has 2 N–H and O–H groups in total. The molecule has 0 aliphatic carbocycles. The van der Waals surface area contributed by atoms with Gasteiger partial charge in [0, 0.05) is 19.1 Å². The van der Waals surface area contributed by atoms with Crippen molar-refractivity contribution in [1.82, 2.24) is 4.31 Å². The monoisotopic (exact) mass is 268 g/mol. The molecule has 5 heteroatoms. The zero-order valence-corrected chi connectivity index (χ0v) is 11.9. The van der Waals surface area contributed by atoms with E-state index in [1.807, 2.05) is 32.9 Å². The van der Waals surface area contributed by atoms with Gasteiger partial charge in [-0.1, -0.05) is 24.6 Å². The number of sulfonamides is 1. The van der Waals surface area contributed by atoms with E-state index in [0.717, 1.165) is 11.1 Å². The van der Waals surface area contributed by atoms with Gasteiger partial charge in [-0.15, -0.1) is 0 Å². The standard InChI is InChI=1S/C13H20N2O2S/c1-9-4-5-13(10(2)6-9)18(16,17)15-7-11(3)12(14)8-15/h4-6,11-12H,7-8,14H2,1-3H3. The Morgan fingerprint density at radius 1 is 1.28 bits per heavy atom. The second kappa shape index (κ2) is 4.64. The third-order valence-corrected chi connectivity index (χ3v) is 5.58. The number of nitrogens with zero attached hydrogens (tertiary/aromatic N) is 1.